The number of anilines is 1. The topological polar surface area (TPSA) is 76.6 Å². The van der Waals surface area contributed by atoms with Gasteiger partial charge in [0.15, 0.2) is 0 Å². The van der Waals surface area contributed by atoms with Crippen molar-refractivity contribution in [2.45, 2.75) is 18.7 Å². The Morgan fingerprint density at radius 2 is 1.89 bits per heavy atom. The lowest BCUT2D eigenvalue weighted by molar-refractivity contribution is -0.136. The van der Waals surface area contributed by atoms with Crippen LogP contribution in [0.15, 0.2) is 36.4 Å². The number of carbonyl (C=O) groups excluding carboxylic acids is 1. The van der Waals surface area contributed by atoms with Gasteiger partial charge < -0.3 is 19.7 Å². The van der Waals surface area contributed by atoms with Crippen LogP contribution in [0.25, 0.3) is 0 Å². The molecule has 0 radical (unpaired) electrons. The maximum atomic E-state index is 13.0. The summed E-state index contributed by atoms with van der Waals surface area (Å²) in [6.07, 6.45) is -4.34. The van der Waals surface area contributed by atoms with Crippen LogP contribution in [-0.2, 0) is 6.18 Å². The van der Waals surface area contributed by atoms with Gasteiger partial charge in [-0.1, -0.05) is 12.1 Å². The van der Waals surface area contributed by atoms with Gasteiger partial charge in [-0.05, 0) is 12.1 Å². The van der Waals surface area contributed by atoms with Crippen molar-refractivity contribution >= 4 is 11.7 Å². The molecule has 0 saturated carbocycles. The summed E-state index contributed by atoms with van der Waals surface area (Å²) in [5.41, 5.74) is -1.17. The number of para-hydroxylation sites is 1. The van der Waals surface area contributed by atoms with Gasteiger partial charge in [0.1, 0.15) is 6.10 Å². The third-order valence-corrected chi connectivity index (χ3v) is 4.02. The van der Waals surface area contributed by atoms with E-state index in [1.165, 1.54) is 30.2 Å². The molecular formula is C17H17F3N4O3. The summed E-state index contributed by atoms with van der Waals surface area (Å²) in [7, 11) is 1.47. The largest absolute Gasteiger partial charge is 0.480 e. The molecule has 144 valence electrons. The summed E-state index contributed by atoms with van der Waals surface area (Å²) in [5.74, 6) is 0.628. The highest BCUT2D eigenvalue weighted by molar-refractivity contribution is 5.90. The van der Waals surface area contributed by atoms with Crippen LogP contribution in [0.2, 0.25) is 0 Å². The minimum atomic E-state index is -4.55. The third-order valence-electron chi connectivity index (χ3n) is 4.02. The maximum absolute atomic E-state index is 13.0. The van der Waals surface area contributed by atoms with Crippen molar-refractivity contribution in [3.05, 3.63) is 42.0 Å². The number of rotatable bonds is 4. The van der Waals surface area contributed by atoms with Crippen molar-refractivity contribution in [3.8, 4) is 11.8 Å². The Hall–Kier alpha value is -3.04. The predicted molar refractivity (Wildman–Crippen MR) is 89.7 cm³/mol. The van der Waals surface area contributed by atoms with Crippen molar-refractivity contribution in [1.29, 1.82) is 0 Å². The zero-order chi connectivity index (χ0) is 19.4. The predicted octanol–water partition coefficient (Wildman–Crippen LogP) is 3.19. The zero-order valence-corrected chi connectivity index (χ0v) is 14.4. The van der Waals surface area contributed by atoms with E-state index in [4.69, 9.17) is 9.47 Å². The highest BCUT2D eigenvalue weighted by Gasteiger charge is 2.34. The maximum Gasteiger partial charge on any atom is 0.418 e. The number of ether oxygens (including phenoxy) is 2. The molecule has 1 fully saturated rings. The van der Waals surface area contributed by atoms with Gasteiger partial charge in [0.2, 0.25) is 11.8 Å². The molecule has 27 heavy (non-hydrogen) atoms. The molecule has 0 spiro atoms. The molecule has 2 amide bonds. The Morgan fingerprint density at radius 1 is 1.19 bits per heavy atom. The number of hydrogen-bond donors (Lipinski definition) is 1. The first-order valence-corrected chi connectivity index (χ1v) is 8.13. The first-order valence-electron chi connectivity index (χ1n) is 8.13. The summed E-state index contributed by atoms with van der Waals surface area (Å²) in [5, 5.41) is 9.96. The molecule has 1 aliphatic heterocycles. The van der Waals surface area contributed by atoms with E-state index in [0.29, 0.717) is 18.8 Å². The molecule has 7 nitrogen and oxygen atoms in total. The van der Waals surface area contributed by atoms with Gasteiger partial charge in [0.25, 0.3) is 0 Å². The average molecular weight is 382 g/mol. The van der Waals surface area contributed by atoms with Gasteiger partial charge in [-0.2, -0.15) is 13.2 Å². The van der Waals surface area contributed by atoms with Gasteiger partial charge in [0, 0.05) is 25.1 Å². The Morgan fingerprint density at radius 3 is 2.56 bits per heavy atom. The lowest BCUT2D eigenvalue weighted by Crippen LogP contribution is -2.35. The van der Waals surface area contributed by atoms with Crippen LogP contribution in [0.4, 0.5) is 23.7 Å². The van der Waals surface area contributed by atoms with Crippen LogP contribution >= 0.6 is 0 Å². The lowest BCUT2D eigenvalue weighted by Gasteiger charge is -2.19. The molecule has 1 atom stereocenters. The molecule has 3 rings (SSSR count). The van der Waals surface area contributed by atoms with E-state index >= 15 is 0 Å². The summed E-state index contributed by atoms with van der Waals surface area (Å²) < 4.78 is 49.6. The molecule has 10 heteroatoms. The van der Waals surface area contributed by atoms with Crippen molar-refractivity contribution < 1.29 is 27.4 Å². The summed E-state index contributed by atoms with van der Waals surface area (Å²) in [6.45, 7) is 0.585. The number of urea groups is 1. The van der Waals surface area contributed by atoms with E-state index in [1.54, 1.807) is 12.1 Å². The van der Waals surface area contributed by atoms with Gasteiger partial charge in [-0.25, -0.2) is 4.79 Å². The van der Waals surface area contributed by atoms with Gasteiger partial charge in [-0.15, -0.1) is 10.2 Å². The molecule has 2 heterocycles. The molecule has 1 aliphatic rings. The van der Waals surface area contributed by atoms with Crippen molar-refractivity contribution in [2.24, 2.45) is 0 Å². The van der Waals surface area contributed by atoms with Crippen LogP contribution in [0, 0.1) is 0 Å². The third kappa shape index (κ3) is 4.57. The number of methoxy groups -OCH3 is 1. The van der Waals surface area contributed by atoms with E-state index in [9.17, 15) is 18.0 Å². The number of aromatic nitrogens is 2. The quantitative estimate of drug-likeness (QED) is 0.879. The number of carbonyl (C=O) groups is 1. The van der Waals surface area contributed by atoms with Crippen molar-refractivity contribution in [1.82, 2.24) is 15.1 Å². The van der Waals surface area contributed by atoms with E-state index in [0.717, 1.165) is 6.07 Å². The molecular weight excluding hydrogens is 365 g/mol. The number of hydrogen-bond acceptors (Lipinski definition) is 5. The van der Waals surface area contributed by atoms with Crippen LogP contribution in [-0.4, -0.2) is 47.4 Å². The fourth-order valence-electron chi connectivity index (χ4n) is 2.69. The number of nitrogens with one attached hydrogen (secondary N) is 1. The Labute approximate surface area is 153 Å². The molecule has 1 N–H and O–H groups in total. The number of nitrogens with zero attached hydrogens (tertiary/aromatic N) is 3. The first kappa shape index (κ1) is 18.7. The number of amides is 2. The Balaban J connectivity index is 1.59. The van der Waals surface area contributed by atoms with Gasteiger partial charge in [-0.3, -0.25) is 0 Å². The normalized spacial score (nSPS) is 16.9. The standard InChI is InChI=1S/C17H17F3N4O3/c1-26-14-6-7-15(23-22-14)27-11-8-9-24(10-11)16(25)21-13-5-3-2-4-12(13)17(18,19)20/h2-7,11H,8-10H2,1H3,(H,21,25). The van der Waals surface area contributed by atoms with Crippen LogP contribution in [0.5, 0.6) is 11.8 Å². The molecule has 1 saturated heterocycles. The fraction of sp³-hybridized carbons (Fsp3) is 0.353. The van der Waals surface area contributed by atoms with Gasteiger partial charge >= 0.3 is 12.2 Å². The zero-order valence-electron chi connectivity index (χ0n) is 14.4. The molecule has 2 aromatic rings. The van der Waals surface area contributed by atoms with E-state index in [-0.39, 0.29) is 24.2 Å². The Bertz CT molecular complexity index is 799. The van der Waals surface area contributed by atoms with Crippen molar-refractivity contribution in [2.75, 3.05) is 25.5 Å². The molecule has 1 aromatic carbocycles. The highest BCUT2D eigenvalue weighted by Crippen LogP contribution is 2.34. The number of alkyl halides is 3. The lowest BCUT2D eigenvalue weighted by atomic mass is 10.1. The smallest absolute Gasteiger partial charge is 0.418 e. The van der Waals surface area contributed by atoms with Crippen LogP contribution in [0.1, 0.15) is 12.0 Å². The SMILES string of the molecule is COc1ccc(OC2CCN(C(=O)Nc3ccccc3C(F)(F)F)C2)nn1. The van der Waals surface area contributed by atoms with Gasteiger partial charge in [0.05, 0.1) is 24.9 Å². The molecule has 1 unspecified atom stereocenters. The number of likely N-dealkylation sites (tertiary alicyclic amines) is 1. The summed E-state index contributed by atoms with van der Waals surface area (Å²) in [6, 6.07) is 7.42. The van der Waals surface area contributed by atoms with Crippen LogP contribution in [0.3, 0.4) is 0 Å². The van der Waals surface area contributed by atoms with Crippen molar-refractivity contribution in [3.63, 3.8) is 0 Å². The van der Waals surface area contributed by atoms with E-state index in [1.807, 2.05) is 0 Å². The van der Waals surface area contributed by atoms with E-state index in [2.05, 4.69) is 15.5 Å². The summed E-state index contributed by atoms with van der Waals surface area (Å²) >= 11 is 0. The van der Waals surface area contributed by atoms with E-state index < -0.39 is 17.8 Å². The number of halogens is 3. The van der Waals surface area contributed by atoms with Crippen LogP contribution < -0.4 is 14.8 Å². The second-order valence-electron chi connectivity index (χ2n) is 5.86. The highest BCUT2D eigenvalue weighted by atomic mass is 19.4. The average Bonchev–Trinajstić information content (AvgIpc) is 3.10. The molecule has 0 aliphatic carbocycles. The summed E-state index contributed by atoms with van der Waals surface area (Å²) in [4.78, 5) is 13.7. The Kier molecular flexibility index (Phi) is 5.33. The molecule has 1 aromatic heterocycles. The molecule has 0 bridgehead atoms. The minimum Gasteiger partial charge on any atom is -0.480 e. The minimum absolute atomic E-state index is 0.230. The monoisotopic (exact) mass is 382 g/mol. The fourth-order valence-corrected chi connectivity index (χ4v) is 2.69. The first-order chi connectivity index (χ1) is 12.9. The second kappa shape index (κ2) is 7.68. The second-order valence-corrected chi connectivity index (χ2v) is 5.86. The number of benzene rings is 1.